The maximum Gasteiger partial charge on any atom is 0.200 e. The summed E-state index contributed by atoms with van der Waals surface area (Å²) in [5, 5.41) is 0.242. The predicted octanol–water partition coefficient (Wildman–Crippen LogP) is 5.07. The van der Waals surface area contributed by atoms with Gasteiger partial charge in [0.2, 0.25) is 10.9 Å². The van der Waals surface area contributed by atoms with Crippen LogP contribution in [0, 0.1) is 0 Å². The summed E-state index contributed by atoms with van der Waals surface area (Å²) in [6.07, 6.45) is 1.17. The van der Waals surface area contributed by atoms with Gasteiger partial charge in [0.15, 0.2) is 43.4 Å². The van der Waals surface area contributed by atoms with E-state index in [0.29, 0.717) is 5.75 Å². The number of carbonyl (C=O) groups is 2. The summed E-state index contributed by atoms with van der Waals surface area (Å²) in [5.41, 5.74) is -1.09. The van der Waals surface area contributed by atoms with Crippen molar-refractivity contribution in [1.29, 1.82) is 0 Å². The Hall–Kier alpha value is -5.04. The molecule has 0 aliphatic heterocycles. The molecule has 0 saturated heterocycles. The highest BCUT2D eigenvalue weighted by Crippen LogP contribution is 2.38. The molecule has 0 saturated carbocycles. The van der Waals surface area contributed by atoms with Crippen molar-refractivity contribution in [3.8, 4) is 28.4 Å². The first-order valence-electron chi connectivity index (χ1n) is 13.2. The lowest BCUT2D eigenvalue weighted by Crippen LogP contribution is -2.14. The van der Waals surface area contributed by atoms with Crippen LogP contribution in [0.25, 0.3) is 44.0 Å². The average Bonchev–Trinajstić information content (AvgIpc) is 3.01. The van der Waals surface area contributed by atoms with Crippen molar-refractivity contribution >= 4 is 44.5 Å². The van der Waals surface area contributed by atoms with Gasteiger partial charge in [-0.15, -0.1) is 0 Å². The zero-order valence-corrected chi connectivity index (χ0v) is 24.6. The maximum absolute atomic E-state index is 13.8. The van der Waals surface area contributed by atoms with Crippen molar-refractivity contribution in [1.82, 2.24) is 0 Å². The lowest BCUT2D eigenvalue weighted by molar-refractivity contribution is 0.0324. The van der Waals surface area contributed by atoms with Gasteiger partial charge < -0.3 is 37.3 Å². The summed E-state index contributed by atoms with van der Waals surface area (Å²) in [7, 11) is 4.35. The molecule has 228 valence electrons. The van der Waals surface area contributed by atoms with E-state index in [4.69, 9.17) is 37.3 Å². The summed E-state index contributed by atoms with van der Waals surface area (Å²) in [5.74, 6) is -0.253. The molecule has 0 N–H and O–H groups in total. The number of rotatable bonds is 12. The van der Waals surface area contributed by atoms with Crippen molar-refractivity contribution in [2.24, 2.45) is 0 Å². The van der Waals surface area contributed by atoms with Crippen LogP contribution in [0.1, 0.15) is 34.6 Å². The SMILES string of the molecule is COCOc1ccc2c(=O)c(-c3c(C(C)=O)cc4c(=O)c5cc(OCOC)c(OCOC)cc5oc4c3C(C)=O)coc2c1. The molecule has 12 heteroatoms. The van der Waals surface area contributed by atoms with Gasteiger partial charge in [-0.1, -0.05) is 0 Å². The molecule has 12 nitrogen and oxygen atoms in total. The highest BCUT2D eigenvalue weighted by Gasteiger charge is 2.27. The topological polar surface area (TPSA) is 150 Å². The largest absolute Gasteiger partial charge is 0.467 e. The number of benzene rings is 3. The fourth-order valence-corrected chi connectivity index (χ4v) is 4.86. The fourth-order valence-electron chi connectivity index (χ4n) is 4.86. The van der Waals surface area contributed by atoms with Crippen molar-refractivity contribution in [3.05, 3.63) is 74.2 Å². The summed E-state index contributed by atoms with van der Waals surface area (Å²) in [6, 6.07) is 8.77. The van der Waals surface area contributed by atoms with E-state index in [-0.39, 0.29) is 87.0 Å². The Labute approximate surface area is 249 Å². The van der Waals surface area contributed by atoms with E-state index in [2.05, 4.69) is 0 Å². The molecule has 0 aliphatic rings. The quantitative estimate of drug-likeness (QED) is 0.106. The third kappa shape index (κ3) is 5.53. The lowest BCUT2D eigenvalue weighted by Gasteiger charge is -2.16. The number of methoxy groups -OCH3 is 3. The number of ketones is 2. The second kappa shape index (κ2) is 12.7. The number of hydrogen-bond acceptors (Lipinski definition) is 12. The first kappa shape index (κ1) is 30.4. The van der Waals surface area contributed by atoms with Crippen LogP contribution in [0.2, 0.25) is 0 Å². The zero-order valence-electron chi connectivity index (χ0n) is 24.6. The summed E-state index contributed by atoms with van der Waals surface area (Å²) >= 11 is 0. The third-order valence-corrected chi connectivity index (χ3v) is 6.78. The third-order valence-electron chi connectivity index (χ3n) is 6.78. The van der Waals surface area contributed by atoms with Crippen LogP contribution in [0.5, 0.6) is 17.2 Å². The minimum atomic E-state index is -0.547. The standard InChI is InChI=1S/C32H28O12/c1-16(33)20-9-22-31(36)21-10-26(42-14-38-4)27(43-15-39-5)11-25(21)44-32(22)28(17(2)34)29(20)23-12-40-24-8-18(41-13-37-3)6-7-19(24)30(23)35/h6-12H,13-15H2,1-5H3. The molecule has 5 aromatic rings. The smallest absolute Gasteiger partial charge is 0.200 e. The molecular formula is C32H28O12. The molecular weight excluding hydrogens is 576 g/mol. The van der Waals surface area contributed by atoms with E-state index in [1.807, 2.05) is 0 Å². The molecule has 0 amide bonds. The Balaban J connectivity index is 1.83. The Morgan fingerprint density at radius 1 is 0.705 bits per heavy atom. The van der Waals surface area contributed by atoms with Gasteiger partial charge in [-0.05, 0) is 38.1 Å². The lowest BCUT2D eigenvalue weighted by atomic mass is 9.88. The van der Waals surface area contributed by atoms with Crippen LogP contribution >= 0.6 is 0 Å². The van der Waals surface area contributed by atoms with Crippen molar-refractivity contribution in [3.63, 3.8) is 0 Å². The van der Waals surface area contributed by atoms with Crippen molar-refractivity contribution in [2.45, 2.75) is 13.8 Å². The second-order valence-corrected chi connectivity index (χ2v) is 9.68. The van der Waals surface area contributed by atoms with E-state index >= 15 is 0 Å². The molecule has 44 heavy (non-hydrogen) atoms. The maximum atomic E-state index is 13.8. The molecule has 0 bridgehead atoms. The Bertz CT molecular complexity index is 2040. The van der Waals surface area contributed by atoms with E-state index in [0.717, 1.165) is 0 Å². The van der Waals surface area contributed by atoms with Crippen LogP contribution in [-0.4, -0.2) is 53.3 Å². The molecule has 0 spiro atoms. The van der Waals surface area contributed by atoms with E-state index in [9.17, 15) is 19.2 Å². The molecule has 0 aliphatic carbocycles. The predicted molar refractivity (Wildman–Crippen MR) is 159 cm³/mol. The van der Waals surface area contributed by atoms with Crippen LogP contribution in [0.4, 0.5) is 0 Å². The van der Waals surface area contributed by atoms with Gasteiger partial charge in [0.25, 0.3) is 0 Å². The molecule has 0 atom stereocenters. The van der Waals surface area contributed by atoms with Crippen LogP contribution in [0.15, 0.2) is 61.1 Å². The van der Waals surface area contributed by atoms with Crippen molar-refractivity contribution < 1.29 is 46.8 Å². The number of carbonyl (C=O) groups excluding carboxylic acids is 2. The molecule has 2 aromatic heterocycles. The average molecular weight is 605 g/mol. The second-order valence-electron chi connectivity index (χ2n) is 9.68. The van der Waals surface area contributed by atoms with Crippen molar-refractivity contribution in [2.75, 3.05) is 41.7 Å². The molecule has 0 fully saturated rings. The van der Waals surface area contributed by atoms with Gasteiger partial charge in [0.05, 0.1) is 27.3 Å². The zero-order chi connectivity index (χ0) is 31.5. The summed E-state index contributed by atoms with van der Waals surface area (Å²) < 4.78 is 43.5. The Morgan fingerprint density at radius 3 is 2.00 bits per heavy atom. The first-order valence-corrected chi connectivity index (χ1v) is 13.2. The normalized spacial score (nSPS) is 11.3. The van der Waals surface area contributed by atoms with E-state index in [1.165, 1.54) is 71.8 Å². The summed E-state index contributed by atoms with van der Waals surface area (Å²) in [4.78, 5) is 53.9. The van der Waals surface area contributed by atoms with Gasteiger partial charge in [-0.25, -0.2) is 0 Å². The van der Waals surface area contributed by atoms with Crippen LogP contribution in [0.3, 0.4) is 0 Å². The minimum absolute atomic E-state index is 0.00374. The monoisotopic (exact) mass is 604 g/mol. The van der Waals surface area contributed by atoms with Gasteiger partial charge in [0.1, 0.15) is 28.8 Å². The molecule has 0 unspecified atom stereocenters. The molecule has 5 rings (SSSR count). The van der Waals surface area contributed by atoms with E-state index in [1.54, 1.807) is 6.07 Å². The molecule has 0 radical (unpaired) electrons. The van der Waals surface area contributed by atoms with E-state index < -0.39 is 22.4 Å². The van der Waals surface area contributed by atoms with Gasteiger partial charge in [-0.3, -0.25) is 19.2 Å². The number of hydrogen-bond donors (Lipinski definition) is 0. The van der Waals surface area contributed by atoms with Crippen LogP contribution < -0.4 is 25.1 Å². The number of fused-ring (bicyclic) bond motifs is 3. The molecule has 3 aromatic carbocycles. The summed E-state index contributed by atoms with van der Waals surface area (Å²) in [6.45, 7) is 2.26. The van der Waals surface area contributed by atoms with Crippen LogP contribution in [-0.2, 0) is 14.2 Å². The minimum Gasteiger partial charge on any atom is -0.467 e. The van der Waals surface area contributed by atoms with Gasteiger partial charge >= 0.3 is 0 Å². The number of Topliss-reactive ketones (excluding diaryl/α,β-unsaturated/α-hetero) is 2. The highest BCUT2D eigenvalue weighted by molar-refractivity contribution is 6.17. The van der Waals surface area contributed by atoms with Gasteiger partial charge in [-0.2, -0.15) is 0 Å². The highest BCUT2D eigenvalue weighted by atomic mass is 16.7. The fraction of sp³-hybridized carbons (Fsp3) is 0.250. The first-order chi connectivity index (χ1) is 21.2. The Morgan fingerprint density at radius 2 is 1.36 bits per heavy atom. The van der Waals surface area contributed by atoms with Gasteiger partial charge in [0, 0.05) is 44.6 Å². The molecule has 2 heterocycles. The Kier molecular flexibility index (Phi) is 8.76. The number of ether oxygens (including phenoxy) is 6.